The quantitative estimate of drug-likeness (QED) is 0.372. The molecular formula is C23H17F3N4O2. The predicted molar refractivity (Wildman–Crippen MR) is 114 cm³/mol. The van der Waals surface area contributed by atoms with Crippen LogP contribution in [-0.2, 0) is 6.18 Å². The zero-order valence-electron chi connectivity index (χ0n) is 17.3. The molecule has 5 rings (SSSR count). The number of imidazole rings is 1. The summed E-state index contributed by atoms with van der Waals surface area (Å²) in [5.41, 5.74) is 4.46. The molecular weight excluding hydrogens is 421 g/mol. The van der Waals surface area contributed by atoms with Gasteiger partial charge in [-0.3, -0.25) is 0 Å². The van der Waals surface area contributed by atoms with E-state index in [4.69, 9.17) is 4.52 Å². The number of hydrogen-bond acceptors (Lipinski definition) is 4. The first-order valence-corrected chi connectivity index (χ1v) is 9.80. The summed E-state index contributed by atoms with van der Waals surface area (Å²) < 4.78 is 44.9. The number of pyridine rings is 1. The zero-order chi connectivity index (χ0) is 22.8. The molecule has 6 nitrogen and oxygen atoms in total. The Hall–Kier alpha value is -3.88. The number of hydrogen-bond donors (Lipinski definition) is 2. The fraction of sp³-hybridized carbons (Fsp3) is 0.174. The number of aromatic amines is 2. The van der Waals surface area contributed by atoms with Crippen LogP contribution < -0.4 is 5.69 Å². The molecule has 32 heavy (non-hydrogen) atoms. The van der Waals surface area contributed by atoms with Crippen molar-refractivity contribution in [3.05, 3.63) is 69.6 Å². The summed E-state index contributed by atoms with van der Waals surface area (Å²) in [6.45, 7) is 5.48. The summed E-state index contributed by atoms with van der Waals surface area (Å²) in [5.74, 6) is 0.622. The Bertz CT molecular complexity index is 1560. The number of aromatic nitrogens is 4. The first kappa shape index (κ1) is 20.0. The van der Waals surface area contributed by atoms with Crippen LogP contribution in [0, 0.1) is 20.8 Å². The van der Waals surface area contributed by atoms with Crippen molar-refractivity contribution in [2.75, 3.05) is 0 Å². The van der Waals surface area contributed by atoms with E-state index in [1.54, 1.807) is 19.1 Å². The molecule has 3 heterocycles. The zero-order valence-corrected chi connectivity index (χ0v) is 17.3. The lowest BCUT2D eigenvalue weighted by Crippen LogP contribution is -2.07. The topological polar surface area (TPSA) is 87.6 Å². The molecule has 0 aliphatic rings. The van der Waals surface area contributed by atoms with E-state index in [-0.39, 0.29) is 11.2 Å². The highest BCUT2D eigenvalue weighted by atomic mass is 19.4. The molecule has 0 amide bonds. The van der Waals surface area contributed by atoms with Gasteiger partial charge in [0.25, 0.3) is 0 Å². The minimum atomic E-state index is -4.54. The molecule has 0 aliphatic carbocycles. The minimum absolute atomic E-state index is 0.217. The molecule has 5 aromatic rings. The summed E-state index contributed by atoms with van der Waals surface area (Å²) in [6, 6.07) is 9.40. The Morgan fingerprint density at radius 2 is 1.75 bits per heavy atom. The number of alkyl halides is 3. The van der Waals surface area contributed by atoms with Crippen LogP contribution in [0.5, 0.6) is 0 Å². The smallest absolute Gasteiger partial charge is 0.361 e. The van der Waals surface area contributed by atoms with Crippen LogP contribution in [0.3, 0.4) is 0 Å². The van der Waals surface area contributed by atoms with Gasteiger partial charge in [0.1, 0.15) is 11.5 Å². The van der Waals surface area contributed by atoms with Crippen LogP contribution in [0.25, 0.3) is 44.2 Å². The van der Waals surface area contributed by atoms with Crippen LogP contribution in [0.2, 0.25) is 0 Å². The van der Waals surface area contributed by atoms with Crippen molar-refractivity contribution in [1.29, 1.82) is 0 Å². The number of aryl methyl sites for hydroxylation is 3. The van der Waals surface area contributed by atoms with Gasteiger partial charge in [0.05, 0.1) is 22.2 Å². The van der Waals surface area contributed by atoms with Gasteiger partial charge in [-0.05, 0) is 61.7 Å². The molecule has 0 saturated heterocycles. The largest absolute Gasteiger partial charge is 0.433 e. The third-order valence-electron chi connectivity index (χ3n) is 5.59. The van der Waals surface area contributed by atoms with Gasteiger partial charge < -0.3 is 14.5 Å². The fourth-order valence-electron chi connectivity index (χ4n) is 4.21. The van der Waals surface area contributed by atoms with Gasteiger partial charge in [-0.1, -0.05) is 17.3 Å². The highest BCUT2D eigenvalue weighted by Gasteiger charge is 2.32. The van der Waals surface area contributed by atoms with Crippen molar-refractivity contribution in [3.8, 4) is 22.3 Å². The Labute approximate surface area is 179 Å². The molecule has 0 atom stereocenters. The fourth-order valence-corrected chi connectivity index (χ4v) is 4.21. The Morgan fingerprint density at radius 1 is 0.969 bits per heavy atom. The average molecular weight is 438 g/mol. The van der Waals surface area contributed by atoms with Gasteiger partial charge in [0.15, 0.2) is 0 Å². The number of H-pyrrole nitrogens is 2. The van der Waals surface area contributed by atoms with Crippen molar-refractivity contribution in [3.63, 3.8) is 0 Å². The van der Waals surface area contributed by atoms with Gasteiger partial charge in [-0.2, -0.15) is 13.2 Å². The van der Waals surface area contributed by atoms with Gasteiger partial charge >= 0.3 is 11.9 Å². The Balaban J connectivity index is 1.87. The lowest BCUT2D eigenvalue weighted by atomic mass is 9.91. The molecule has 0 spiro atoms. The standard InChI is InChI=1S/C23H17F3N4O2/c1-10-4-6-16-14(5-7-18(27-16)23(24,25)26)19(10)15-8-13(20-11(2)30-32-12(20)3)9-17-21(15)29-22(31)28-17/h4-9H,1-3H3,(H2,28,29,31). The number of fused-ring (bicyclic) bond motifs is 2. The monoisotopic (exact) mass is 438 g/mol. The van der Waals surface area contributed by atoms with Crippen molar-refractivity contribution in [2.45, 2.75) is 26.9 Å². The van der Waals surface area contributed by atoms with Gasteiger partial charge in [-0.25, -0.2) is 9.78 Å². The number of nitrogens with zero attached hydrogens (tertiary/aromatic N) is 2. The van der Waals surface area contributed by atoms with Crippen LogP contribution in [0.15, 0.2) is 45.7 Å². The van der Waals surface area contributed by atoms with E-state index in [0.29, 0.717) is 39.0 Å². The van der Waals surface area contributed by atoms with E-state index in [1.165, 1.54) is 6.07 Å². The maximum Gasteiger partial charge on any atom is 0.433 e. The second-order valence-electron chi connectivity index (χ2n) is 7.74. The second-order valence-corrected chi connectivity index (χ2v) is 7.74. The minimum Gasteiger partial charge on any atom is -0.361 e. The summed E-state index contributed by atoms with van der Waals surface area (Å²) in [7, 11) is 0. The van der Waals surface area contributed by atoms with Gasteiger partial charge in [-0.15, -0.1) is 0 Å². The molecule has 0 bridgehead atoms. The van der Waals surface area contributed by atoms with E-state index < -0.39 is 11.9 Å². The number of rotatable bonds is 2. The SMILES string of the molecule is Cc1ccc2nc(C(F)(F)F)ccc2c1-c1cc(-c2c(C)noc2C)cc2[nH]c(=O)[nH]c12. The van der Waals surface area contributed by atoms with Gasteiger partial charge in [0.2, 0.25) is 0 Å². The van der Waals surface area contributed by atoms with Crippen LogP contribution in [-0.4, -0.2) is 20.1 Å². The number of benzene rings is 2. The van der Waals surface area contributed by atoms with E-state index in [2.05, 4.69) is 20.1 Å². The normalized spacial score (nSPS) is 12.2. The summed E-state index contributed by atoms with van der Waals surface area (Å²) in [5, 5.41) is 4.56. The first-order chi connectivity index (χ1) is 15.1. The lowest BCUT2D eigenvalue weighted by Gasteiger charge is -2.14. The molecule has 0 radical (unpaired) electrons. The number of halogens is 3. The van der Waals surface area contributed by atoms with Crippen LogP contribution in [0.1, 0.15) is 22.7 Å². The van der Waals surface area contributed by atoms with Gasteiger partial charge in [0, 0.05) is 16.5 Å². The summed E-state index contributed by atoms with van der Waals surface area (Å²) in [4.78, 5) is 21.5. The molecule has 0 aliphatic heterocycles. The summed E-state index contributed by atoms with van der Waals surface area (Å²) in [6.07, 6.45) is -4.54. The first-order valence-electron chi connectivity index (χ1n) is 9.80. The summed E-state index contributed by atoms with van der Waals surface area (Å²) >= 11 is 0. The number of nitrogens with one attached hydrogen (secondary N) is 2. The van der Waals surface area contributed by atoms with Crippen molar-refractivity contribution in [2.24, 2.45) is 0 Å². The van der Waals surface area contributed by atoms with E-state index in [0.717, 1.165) is 22.8 Å². The third kappa shape index (κ3) is 3.08. The van der Waals surface area contributed by atoms with Crippen LogP contribution >= 0.6 is 0 Å². The van der Waals surface area contributed by atoms with E-state index in [9.17, 15) is 18.0 Å². The molecule has 162 valence electrons. The molecule has 9 heteroatoms. The van der Waals surface area contributed by atoms with Crippen molar-refractivity contribution < 1.29 is 17.7 Å². The molecule has 3 aromatic heterocycles. The maximum atomic E-state index is 13.2. The second kappa shape index (κ2) is 6.81. The van der Waals surface area contributed by atoms with Crippen molar-refractivity contribution >= 4 is 21.9 Å². The molecule has 0 fully saturated rings. The molecule has 0 saturated carbocycles. The Morgan fingerprint density at radius 3 is 2.44 bits per heavy atom. The molecule has 2 aromatic carbocycles. The molecule has 0 unspecified atom stereocenters. The predicted octanol–water partition coefficient (Wildman–Crippen LogP) is 5.67. The van der Waals surface area contributed by atoms with Crippen molar-refractivity contribution in [1.82, 2.24) is 20.1 Å². The van der Waals surface area contributed by atoms with E-state index >= 15 is 0 Å². The lowest BCUT2D eigenvalue weighted by molar-refractivity contribution is -0.140. The van der Waals surface area contributed by atoms with E-state index in [1.807, 2.05) is 26.0 Å². The molecule has 2 N–H and O–H groups in total. The highest BCUT2D eigenvalue weighted by Crippen LogP contribution is 2.40. The highest BCUT2D eigenvalue weighted by molar-refractivity contribution is 6.05. The Kier molecular flexibility index (Phi) is 4.27. The third-order valence-corrected chi connectivity index (χ3v) is 5.59. The average Bonchev–Trinajstić information content (AvgIpc) is 3.27. The maximum absolute atomic E-state index is 13.2. The van der Waals surface area contributed by atoms with Crippen LogP contribution in [0.4, 0.5) is 13.2 Å².